The summed E-state index contributed by atoms with van der Waals surface area (Å²) in [7, 11) is 0. The number of carbonyl (C=O) groups excluding carboxylic acids is 4. The molecular formula is C19H19Cl2N3O4S. The van der Waals surface area contributed by atoms with Gasteiger partial charge in [-0.2, -0.15) is 0 Å². The first-order valence-corrected chi connectivity index (χ1v) is 10.6. The molecule has 1 aromatic rings. The monoisotopic (exact) mass is 455 g/mol. The molecule has 2 atom stereocenters. The highest BCUT2D eigenvalue weighted by Gasteiger charge is 2.39. The van der Waals surface area contributed by atoms with Crippen LogP contribution in [0.2, 0.25) is 10.0 Å². The van der Waals surface area contributed by atoms with E-state index in [1.807, 2.05) is 6.92 Å². The van der Waals surface area contributed by atoms with E-state index >= 15 is 0 Å². The third kappa shape index (κ3) is 5.52. The molecular weight excluding hydrogens is 437 g/mol. The van der Waals surface area contributed by atoms with Crippen LogP contribution in [0.3, 0.4) is 0 Å². The maximum Gasteiger partial charge on any atom is 0.293 e. The first-order valence-electron chi connectivity index (χ1n) is 9.01. The predicted molar refractivity (Wildman–Crippen MR) is 112 cm³/mol. The fourth-order valence-electron chi connectivity index (χ4n) is 2.81. The molecule has 154 valence electrons. The summed E-state index contributed by atoms with van der Waals surface area (Å²) in [6.45, 7) is 1.99. The van der Waals surface area contributed by atoms with Crippen LogP contribution in [0.25, 0.3) is 6.08 Å². The Bertz CT molecular complexity index is 905. The zero-order valence-electron chi connectivity index (χ0n) is 15.5. The highest BCUT2D eigenvalue weighted by atomic mass is 35.5. The molecule has 1 aliphatic carbocycles. The van der Waals surface area contributed by atoms with Crippen LogP contribution in [-0.4, -0.2) is 47.5 Å². The quantitative estimate of drug-likeness (QED) is 0.616. The number of carbonyl (C=O) groups is 4. The molecule has 2 fully saturated rings. The summed E-state index contributed by atoms with van der Waals surface area (Å²) in [4.78, 5) is 49.4. The lowest BCUT2D eigenvalue weighted by Gasteiger charge is -2.13. The zero-order valence-corrected chi connectivity index (χ0v) is 17.9. The number of amides is 4. The Morgan fingerprint density at radius 1 is 1.28 bits per heavy atom. The van der Waals surface area contributed by atoms with Gasteiger partial charge in [0.25, 0.3) is 11.1 Å². The van der Waals surface area contributed by atoms with Crippen molar-refractivity contribution < 1.29 is 19.2 Å². The van der Waals surface area contributed by atoms with Crippen molar-refractivity contribution >= 4 is 64.0 Å². The highest BCUT2D eigenvalue weighted by Crippen LogP contribution is 2.37. The Morgan fingerprint density at radius 2 is 2.00 bits per heavy atom. The van der Waals surface area contributed by atoms with Crippen LogP contribution < -0.4 is 10.6 Å². The SMILES string of the molecule is CC1CC1C(=O)NCC(=O)NCCN1C(=O)S/C(=C\c2ccc(Cl)cc2Cl)C1=O. The second kappa shape index (κ2) is 9.19. The second-order valence-corrected chi connectivity index (χ2v) is 8.72. The molecule has 1 heterocycles. The van der Waals surface area contributed by atoms with Crippen LogP contribution in [0.4, 0.5) is 4.79 Å². The van der Waals surface area contributed by atoms with E-state index < -0.39 is 11.1 Å². The van der Waals surface area contributed by atoms with Gasteiger partial charge in [-0.1, -0.05) is 36.2 Å². The molecule has 4 amide bonds. The number of imide groups is 1. The van der Waals surface area contributed by atoms with Gasteiger partial charge in [-0.05, 0) is 47.9 Å². The Balaban J connectivity index is 1.48. The van der Waals surface area contributed by atoms with E-state index in [1.165, 1.54) is 6.08 Å². The third-order valence-corrected chi connectivity index (χ3v) is 6.12. The topological polar surface area (TPSA) is 95.6 Å². The Hall–Kier alpha value is -2.03. The lowest BCUT2D eigenvalue weighted by Crippen LogP contribution is -2.41. The van der Waals surface area contributed by atoms with Gasteiger partial charge in [0.15, 0.2) is 0 Å². The average molecular weight is 456 g/mol. The van der Waals surface area contributed by atoms with Gasteiger partial charge < -0.3 is 10.6 Å². The largest absolute Gasteiger partial charge is 0.353 e. The minimum Gasteiger partial charge on any atom is -0.353 e. The van der Waals surface area contributed by atoms with Gasteiger partial charge in [-0.3, -0.25) is 24.1 Å². The smallest absolute Gasteiger partial charge is 0.293 e. The van der Waals surface area contributed by atoms with Crippen molar-refractivity contribution in [3.63, 3.8) is 0 Å². The summed E-state index contributed by atoms with van der Waals surface area (Å²) in [5, 5.41) is 5.60. The number of hydrogen-bond acceptors (Lipinski definition) is 5. The summed E-state index contributed by atoms with van der Waals surface area (Å²) < 4.78 is 0. The molecule has 7 nitrogen and oxygen atoms in total. The average Bonchev–Trinajstić information content (AvgIpc) is 3.34. The van der Waals surface area contributed by atoms with Gasteiger partial charge in [0.05, 0.1) is 11.4 Å². The van der Waals surface area contributed by atoms with Crippen LogP contribution in [0, 0.1) is 11.8 Å². The fraction of sp³-hybridized carbons (Fsp3) is 0.368. The molecule has 2 aliphatic rings. The van der Waals surface area contributed by atoms with Crippen molar-refractivity contribution in [2.24, 2.45) is 11.8 Å². The first-order chi connectivity index (χ1) is 13.8. The van der Waals surface area contributed by atoms with Gasteiger partial charge in [0.1, 0.15) is 0 Å². The molecule has 29 heavy (non-hydrogen) atoms. The second-order valence-electron chi connectivity index (χ2n) is 6.89. The lowest BCUT2D eigenvalue weighted by molar-refractivity contribution is -0.127. The maximum absolute atomic E-state index is 12.5. The van der Waals surface area contributed by atoms with E-state index in [9.17, 15) is 19.2 Å². The van der Waals surface area contributed by atoms with E-state index in [1.54, 1.807) is 18.2 Å². The summed E-state index contributed by atoms with van der Waals surface area (Å²) in [6, 6.07) is 4.86. The van der Waals surface area contributed by atoms with Gasteiger partial charge in [0.2, 0.25) is 11.8 Å². The summed E-state index contributed by atoms with van der Waals surface area (Å²) in [5.74, 6) is -0.574. The highest BCUT2D eigenvalue weighted by molar-refractivity contribution is 8.18. The van der Waals surface area contributed by atoms with Gasteiger partial charge >= 0.3 is 0 Å². The van der Waals surface area contributed by atoms with Gasteiger partial charge in [-0.15, -0.1) is 0 Å². The molecule has 10 heteroatoms. The third-order valence-electron chi connectivity index (χ3n) is 4.65. The van der Waals surface area contributed by atoms with Crippen LogP contribution in [0.15, 0.2) is 23.1 Å². The van der Waals surface area contributed by atoms with Crippen LogP contribution >= 0.6 is 35.0 Å². The molecule has 0 radical (unpaired) electrons. The molecule has 2 unspecified atom stereocenters. The number of hydrogen-bond donors (Lipinski definition) is 2. The van der Waals surface area contributed by atoms with Crippen molar-refractivity contribution in [2.75, 3.05) is 19.6 Å². The predicted octanol–water partition coefficient (Wildman–Crippen LogP) is 2.92. The van der Waals surface area contributed by atoms with E-state index in [0.29, 0.717) is 21.5 Å². The summed E-state index contributed by atoms with van der Waals surface area (Å²) in [5.41, 5.74) is 0.579. The molecule has 0 aromatic heterocycles. The van der Waals surface area contributed by atoms with Gasteiger partial charge in [-0.25, -0.2) is 0 Å². The molecule has 1 saturated carbocycles. The van der Waals surface area contributed by atoms with Crippen LogP contribution in [0.1, 0.15) is 18.9 Å². The Kier molecular flexibility index (Phi) is 6.87. The first kappa shape index (κ1) is 21.7. The van der Waals surface area contributed by atoms with Crippen LogP contribution in [0.5, 0.6) is 0 Å². The molecule has 1 aliphatic heterocycles. The maximum atomic E-state index is 12.5. The Labute approximate surface area is 182 Å². The summed E-state index contributed by atoms with van der Waals surface area (Å²) in [6.07, 6.45) is 2.39. The van der Waals surface area contributed by atoms with E-state index in [4.69, 9.17) is 23.2 Å². The molecule has 0 spiro atoms. The standard InChI is InChI=1S/C19H19Cl2N3O4S/c1-10-6-13(10)17(26)23-9-16(25)22-4-5-24-18(27)15(29-19(24)28)7-11-2-3-12(20)8-14(11)21/h2-3,7-8,10,13H,4-6,9H2,1H3,(H,22,25)(H,23,26)/b15-7-. The zero-order chi connectivity index (χ0) is 21.1. The van der Waals surface area contributed by atoms with Crippen molar-refractivity contribution in [2.45, 2.75) is 13.3 Å². The van der Waals surface area contributed by atoms with Crippen molar-refractivity contribution in [3.05, 3.63) is 38.7 Å². The number of benzene rings is 1. The number of nitrogens with zero attached hydrogens (tertiary/aromatic N) is 1. The van der Waals surface area contributed by atoms with Crippen molar-refractivity contribution in [1.82, 2.24) is 15.5 Å². The van der Waals surface area contributed by atoms with E-state index in [2.05, 4.69) is 10.6 Å². The molecule has 1 aromatic carbocycles. The fourth-order valence-corrected chi connectivity index (χ4v) is 4.13. The Morgan fingerprint density at radius 3 is 2.66 bits per heavy atom. The molecule has 0 bridgehead atoms. The minimum absolute atomic E-state index is 0.000908. The van der Waals surface area contributed by atoms with Crippen molar-refractivity contribution in [1.29, 1.82) is 0 Å². The number of thioether (sulfide) groups is 1. The van der Waals surface area contributed by atoms with Gasteiger partial charge in [0, 0.05) is 29.1 Å². The van der Waals surface area contributed by atoms with E-state index in [0.717, 1.165) is 23.1 Å². The lowest BCUT2D eigenvalue weighted by atomic mass is 10.2. The molecule has 3 rings (SSSR count). The van der Waals surface area contributed by atoms with E-state index in [-0.39, 0.29) is 42.3 Å². The number of rotatable bonds is 7. The summed E-state index contributed by atoms with van der Waals surface area (Å²) >= 11 is 12.8. The van der Waals surface area contributed by atoms with Crippen molar-refractivity contribution in [3.8, 4) is 0 Å². The normalized spacial score (nSPS) is 22.2. The number of halogens is 2. The molecule has 1 saturated heterocycles. The minimum atomic E-state index is -0.448. The number of nitrogens with one attached hydrogen (secondary N) is 2. The molecule has 2 N–H and O–H groups in total. The van der Waals surface area contributed by atoms with Crippen LogP contribution in [-0.2, 0) is 14.4 Å².